The summed E-state index contributed by atoms with van der Waals surface area (Å²) in [6.45, 7) is 3.08. The van der Waals surface area contributed by atoms with Crippen molar-refractivity contribution >= 4 is 17.5 Å². The number of piperidine rings is 1. The molecule has 0 aliphatic carbocycles. The fourth-order valence-electron chi connectivity index (χ4n) is 3.78. The molecule has 1 amide bonds. The molecule has 2 fully saturated rings. The maximum atomic E-state index is 12.7. The van der Waals surface area contributed by atoms with Gasteiger partial charge in [0, 0.05) is 18.0 Å². The van der Waals surface area contributed by atoms with Crippen LogP contribution in [0.15, 0.2) is 24.3 Å². The second kappa shape index (κ2) is 7.47. The summed E-state index contributed by atoms with van der Waals surface area (Å²) in [5.74, 6) is 1.02. The van der Waals surface area contributed by atoms with Crippen molar-refractivity contribution in [1.29, 1.82) is 0 Å². The van der Waals surface area contributed by atoms with Gasteiger partial charge in [-0.25, -0.2) is 0 Å². The van der Waals surface area contributed by atoms with Gasteiger partial charge in [-0.15, -0.1) is 0 Å². The molecule has 0 aromatic heterocycles. The largest absolute Gasteiger partial charge is 0.336 e. The van der Waals surface area contributed by atoms with Gasteiger partial charge in [-0.3, -0.25) is 4.79 Å². The van der Waals surface area contributed by atoms with Crippen molar-refractivity contribution in [3.63, 3.8) is 0 Å². The van der Waals surface area contributed by atoms with Crippen LogP contribution in [0.3, 0.4) is 0 Å². The number of carbonyl (C=O) groups excluding carboxylic acids is 1. The molecular weight excluding hydrogens is 296 g/mol. The third-order valence-corrected chi connectivity index (χ3v) is 5.41. The minimum absolute atomic E-state index is 0.175. The number of amides is 1. The SMILES string of the molecule is O=C(CCC1CCNCC1)N1CCCC1c1ccccc1Cl. The van der Waals surface area contributed by atoms with Crippen molar-refractivity contribution in [1.82, 2.24) is 10.2 Å². The molecule has 1 aromatic rings. The molecule has 0 saturated carbocycles. The summed E-state index contributed by atoms with van der Waals surface area (Å²) in [7, 11) is 0. The predicted molar refractivity (Wildman–Crippen MR) is 90.0 cm³/mol. The quantitative estimate of drug-likeness (QED) is 0.915. The van der Waals surface area contributed by atoms with Crippen LogP contribution < -0.4 is 5.32 Å². The lowest BCUT2D eigenvalue weighted by atomic mass is 9.93. The first-order valence-corrected chi connectivity index (χ1v) is 8.88. The van der Waals surface area contributed by atoms with Crippen molar-refractivity contribution in [3.05, 3.63) is 34.9 Å². The highest BCUT2D eigenvalue weighted by molar-refractivity contribution is 6.31. The summed E-state index contributed by atoms with van der Waals surface area (Å²) >= 11 is 6.33. The molecule has 1 aromatic carbocycles. The Morgan fingerprint density at radius 3 is 2.77 bits per heavy atom. The topological polar surface area (TPSA) is 32.3 Å². The van der Waals surface area contributed by atoms with E-state index in [4.69, 9.17) is 11.6 Å². The molecule has 1 N–H and O–H groups in total. The lowest BCUT2D eigenvalue weighted by molar-refractivity contribution is -0.132. The standard InChI is InChI=1S/C18H25ClN2O/c19-16-5-2-1-4-15(16)17-6-3-13-21(17)18(22)8-7-14-9-11-20-12-10-14/h1-2,4-5,14,17,20H,3,6-13H2. The van der Waals surface area contributed by atoms with Crippen LogP contribution in [0.25, 0.3) is 0 Å². The van der Waals surface area contributed by atoms with Crippen molar-refractivity contribution in [2.75, 3.05) is 19.6 Å². The van der Waals surface area contributed by atoms with E-state index in [0.717, 1.165) is 49.5 Å². The maximum Gasteiger partial charge on any atom is 0.223 e. The van der Waals surface area contributed by atoms with Crippen molar-refractivity contribution in [2.45, 2.75) is 44.6 Å². The maximum absolute atomic E-state index is 12.7. The summed E-state index contributed by atoms with van der Waals surface area (Å²) in [5.41, 5.74) is 1.11. The van der Waals surface area contributed by atoms with Crippen LogP contribution in [0.5, 0.6) is 0 Å². The molecule has 4 heteroatoms. The average Bonchev–Trinajstić information content (AvgIpc) is 3.03. The number of benzene rings is 1. The zero-order valence-corrected chi connectivity index (χ0v) is 13.8. The second-order valence-electron chi connectivity index (χ2n) is 6.50. The number of hydrogen-bond donors (Lipinski definition) is 1. The van der Waals surface area contributed by atoms with Crippen LogP contribution in [-0.2, 0) is 4.79 Å². The summed E-state index contributed by atoms with van der Waals surface area (Å²) in [6.07, 6.45) is 6.25. The minimum Gasteiger partial charge on any atom is -0.336 e. The van der Waals surface area contributed by atoms with Gasteiger partial charge >= 0.3 is 0 Å². The van der Waals surface area contributed by atoms with Gasteiger partial charge in [0.05, 0.1) is 6.04 Å². The average molecular weight is 321 g/mol. The van der Waals surface area contributed by atoms with Gasteiger partial charge in [-0.2, -0.15) is 0 Å². The van der Waals surface area contributed by atoms with Gasteiger partial charge in [0.1, 0.15) is 0 Å². The molecule has 0 bridgehead atoms. The van der Waals surface area contributed by atoms with Crippen molar-refractivity contribution in [3.8, 4) is 0 Å². The zero-order valence-electron chi connectivity index (χ0n) is 13.1. The number of carbonyl (C=O) groups is 1. The van der Waals surface area contributed by atoms with Gasteiger partial charge < -0.3 is 10.2 Å². The third kappa shape index (κ3) is 3.64. The molecule has 3 rings (SSSR count). The normalized spacial score (nSPS) is 23.0. The number of halogens is 1. The van der Waals surface area contributed by atoms with E-state index in [2.05, 4.69) is 16.3 Å². The minimum atomic E-state index is 0.175. The summed E-state index contributed by atoms with van der Waals surface area (Å²) in [4.78, 5) is 14.7. The van der Waals surface area contributed by atoms with Crippen LogP contribution in [-0.4, -0.2) is 30.4 Å². The van der Waals surface area contributed by atoms with Gasteiger partial charge in [-0.1, -0.05) is 29.8 Å². The number of nitrogens with zero attached hydrogens (tertiary/aromatic N) is 1. The van der Waals surface area contributed by atoms with Gasteiger partial charge in [0.15, 0.2) is 0 Å². The van der Waals surface area contributed by atoms with Crippen LogP contribution in [0.2, 0.25) is 5.02 Å². The van der Waals surface area contributed by atoms with Gasteiger partial charge in [-0.05, 0) is 62.7 Å². The van der Waals surface area contributed by atoms with E-state index < -0.39 is 0 Å². The number of rotatable bonds is 4. The first-order valence-electron chi connectivity index (χ1n) is 8.50. The molecule has 0 spiro atoms. The Bertz CT molecular complexity index is 514. The molecule has 22 heavy (non-hydrogen) atoms. The number of likely N-dealkylation sites (tertiary alicyclic amines) is 1. The summed E-state index contributed by atoms with van der Waals surface area (Å²) < 4.78 is 0. The zero-order chi connectivity index (χ0) is 15.4. The first kappa shape index (κ1) is 15.8. The Hall–Kier alpha value is -1.06. The molecule has 0 radical (unpaired) electrons. The fourth-order valence-corrected chi connectivity index (χ4v) is 4.04. The second-order valence-corrected chi connectivity index (χ2v) is 6.91. The number of hydrogen-bond acceptors (Lipinski definition) is 2. The molecular formula is C18H25ClN2O. The van der Waals surface area contributed by atoms with Crippen molar-refractivity contribution in [2.24, 2.45) is 5.92 Å². The Balaban J connectivity index is 1.60. The van der Waals surface area contributed by atoms with E-state index in [1.807, 2.05) is 18.2 Å². The van der Waals surface area contributed by atoms with Crippen LogP contribution in [0, 0.1) is 5.92 Å². The molecule has 2 saturated heterocycles. The molecule has 2 aliphatic heterocycles. The lowest BCUT2D eigenvalue weighted by Gasteiger charge is -2.27. The fraction of sp³-hybridized carbons (Fsp3) is 0.611. The van der Waals surface area contributed by atoms with E-state index in [9.17, 15) is 4.79 Å². The van der Waals surface area contributed by atoms with Crippen molar-refractivity contribution < 1.29 is 4.79 Å². The molecule has 3 nitrogen and oxygen atoms in total. The van der Waals surface area contributed by atoms with Crippen LogP contribution in [0.4, 0.5) is 0 Å². The summed E-state index contributed by atoms with van der Waals surface area (Å²) in [6, 6.07) is 8.12. The van der Waals surface area contributed by atoms with E-state index in [-0.39, 0.29) is 6.04 Å². The van der Waals surface area contributed by atoms with E-state index >= 15 is 0 Å². The highest BCUT2D eigenvalue weighted by Crippen LogP contribution is 2.36. The Morgan fingerprint density at radius 1 is 1.23 bits per heavy atom. The van der Waals surface area contributed by atoms with Crippen LogP contribution in [0.1, 0.15) is 50.1 Å². The number of nitrogens with one attached hydrogen (secondary N) is 1. The Labute approximate surface area is 138 Å². The van der Waals surface area contributed by atoms with E-state index in [0.29, 0.717) is 18.2 Å². The van der Waals surface area contributed by atoms with Crippen LogP contribution >= 0.6 is 11.6 Å². The van der Waals surface area contributed by atoms with Gasteiger partial charge in [0.25, 0.3) is 0 Å². The molecule has 120 valence electrons. The smallest absolute Gasteiger partial charge is 0.223 e. The first-order chi connectivity index (χ1) is 10.8. The molecule has 1 unspecified atom stereocenters. The summed E-state index contributed by atoms with van der Waals surface area (Å²) in [5, 5.41) is 4.17. The molecule has 2 aliphatic rings. The Morgan fingerprint density at radius 2 is 2.00 bits per heavy atom. The monoisotopic (exact) mass is 320 g/mol. The predicted octanol–water partition coefficient (Wildman–Crippen LogP) is 3.78. The lowest BCUT2D eigenvalue weighted by Crippen LogP contribution is -2.32. The third-order valence-electron chi connectivity index (χ3n) is 5.06. The van der Waals surface area contributed by atoms with E-state index in [1.165, 1.54) is 12.8 Å². The van der Waals surface area contributed by atoms with Gasteiger partial charge in [0.2, 0.25) is 5.91 Å². The van der Waals surface area contributed by atoms with E-state index in [1.54, 1.807) is 0 Å². The molecule has 2 heterocycles. The Kier molecular flexibility index (Phi) is 5.37. The highest BCUT2D eigenvalue weighted by atomic mass is 35.5. The highest BCUT2D eigenvalue weighted by Gasteiger charge is 2.31. The molecule has 1 atom stereocenters.